The van der Waals surface area contributed by atoms with Gasteiger partial charge in [0.25, 0.3) is 0 Å². The van der Waals surface area contributed by atoms with E-state index in [0.717, 1.165) is 11.3 Å². The molecule has 2 rings (SSSR count). The first kappa shape index (κ1) is 15.6. The maximum absolute atomic E-state index is 8.75. The van der Waals surface area contributed by atoms with E-state index in [1.165, 1.54) is 6.21 Å². The van der Waals surface area contributed by atoms with Gasteiger partial charge in [0.2, 0.25) is 0 Å². The average molecular weight is 285 g/mol. The van der Waals surface area contributed by atoms with Crippen molar-refractivity contribution in [2.24, 2.45) is 5.10 Å². The smallest absolute Gasteiger partial charge is 0.398 e. The Kier molecular flexibility index (Phi) is 3.83. The van der Waals surface area contributed by atoms with Crippen LogP contribution < -0.4 is 5.59 Å². The minimum absolute atomic E-state index is 0.294. The van der Waals surface area contributed by atoms with E-state index in [2.05, 4.69) is 11.7 Å². The number of aromatic nitrogens is 1. The van der Waals surface area contributed by atoms with E-state index < -0.39 is 18.3 Å². The van der Waals surface area contributed by atoms with Crippen LogP contribution in [-0.4, -0.2) is 29.2 Å². The van der Waals surface area contributed by atoms with Crippen molar-refractivity contribution < 1.29 is 9.31 Å². The number of aryl methyl sites for hydroxylation is 1. The summed E-state index contributed by atoms with van der Waals surface area (Å²) in [6, 6.07) is 5.80. The average Bonchev–Trinajstić information content (AvgIpc) is 2.84. The van der Waals surface area contributed by atoms with Gasteiger partial charge < -0.3 is 9.31 Å². The molecule has 5 nitrogen and oxygen atoms in total. The summed E-state index contributed by atoms with van der Waals surface area (Å²) in [7, 11) is -0.490. The Morgan fingerprint density at radius 1 is 1.33 bits per heavy atom. The molecule has 21 heavy (non-hydrogen) atoms. The summed E-state index contributed by atoms with van der Waals surface area (Å²) >= 11 is 0. The second kappa shape index (κ2) is 5.17. The molecule has 110 valence electrons. The molecule has 2 heterocycles. The van der Waals surface area contributed by atoms with E-state index >= 15 is 0 Å². The second-order valence-corrected chi connectivity index (χ2v) is 6.18. The monoisotopic (exact) mass is 285 g/mol. The standard InChI is InChI=1S/C15H20BN3O2/c1-11(9-17)10-18-19-12(2)7-8-13(19)16-20-14(3,4)15(5,6)21-16/h7-8,10H,1H2,2-6H3/b18-10-. The van der Waals surface area contributed by atoms with Crippen molar-refractivity contribution >= 4 is 18.9 Å². The molecule has 0 unspecified atom stereocenters. The predicted molar refractivity (Wildman–Crippen MR) is 83.5 cm³/mol. The van der Waals surface area contributed by atoms with Gasteiger partial charge in [0.15, 0.2) is 0 Å². The summed E-state index contributed by atoms with van der Waals surface area (Å²) < 4.78 is 13.8. The Labute approximate surface area is 126 Å². The molecule has 0 aliphatic carbocycles. The molecule has 0 atom stereocenters. The van der Waals surface area contributed by atoms with Crippen LogP contribution in [0, 0.1) is 18.3 Å². The quantitative estimate of drug-likeness (QED) is 0.485. The third-order valence-electron chi connectivity index (χ3n) is 4.04. The van der Waals surface area contributed by atoms with Gasteiger partial charge in [-0.3, -0.25) is 0 Å². The van der Waals surface area contributed by atoms with E-state index in [1.807, 2.05) is 52.8 Å². The summed E-state index contributed by atoms with van der Waals surface area (Å²) in [5.41, 5.74) is 1.22. The normalized spacial score (nSPS) is 19.9. The highest BCUT2D eigenvalue weighted by atomic mass is 16.7. The van der Waals surface area contributed by atoms with Crippen LogP contribution in [0.5, 0.6) is 0 Å². The minimum Gasteiger partial charge on any atom is -0.398 e. The van der Waals surface area contributed by atoms with E-state index in [0.29, 0.717) is 5.57 Å². The zero-order valence-electron chi connectivity index (χ0n) is 13.2. The van der Waals surface area contributed by atoms with E-state index in [1.54, 1.807) is 4.68 Å². The number of rotatable bonds is 3. The van der Waals surface area contributed by atoms with Crippen molar-refractivity contribution in [3.05, 3.63) is 30.0 Å². The number of nitriles is 1. The molecule has 1 aromatic rings. The second-order valence-electron chi connectivity index (χ2n) is 6.18. The van der Waals surface area contributed by atoms with Crippen LogP contribution in [0.1, 0.15) is 33.4 Å². The van der Waals surface area contributed by atoms with Crippen molar-refractivity contribution in [1.29, 1.82) is 5.26 Å². The third kappa shape index (κ3) is 2.80. The Hall–Kier alpha value is -1.84. The molecular formula is C15H20BN3O2. The van der Waals surface area contributed by atoms with Crippen LogP contribution in [0.4, 0.5) is 0 Å². The zero-order chi connectivity index (χ0) is 15.8. The van der Waals surface area contributed by atoms with E-state index in [9.17, 15) is 0 Å². The van der Waals surface area contributed by atoms with Crippen LogP contribution >= 0.6 is 0 Å². The van der Waals surface area contributed by atoms with Gasteiger partial charge in [0, 0.05) is 5.69 Å². The highest BCUT2D eigenvalue weighted by Gasteiger charge is 2.52. The summed E-state index contributed by atoms with van der Waals surface area (Å²) in [5, 5.41) is 13.0. The first-order chi connectivity index (χ1) is 9.68. The molecule has 6 heteroatoms. The molecule has 0 N–H and O–H groups in total. The molecule has 0 saturated carbocycles. The number of nitrogens with zero attached hydrogens (tertiary/aromatic N) is 3. The van der Waals surface area contributed by atoms with Crippen molar-refractivity contribution in [1.82, 2.24) is 4.68 Å². The summed E-state index contributed by atoms with van der Waals surface area (Å²) in [4.78, 5) is 0. The molecule has 0 aromatic carbocycles. The van der Waals surface area contributed by atoms with Crippen LogP contribution in [0.2, 0.25) is 0 Å². The lowest BCUT2D eigenvalue weighted by atomic mass is 9.85. The molecule has 0 amide bonds. The summed E-state index contributed by atoms with van der Waals surface area (Å²) in [6.45, 7) is 13.6. The minimum atomic E-state index is -0.490. The molecule has 1 fully saturated rings. The molecule has 1 saturated heterocycles. The van der Waals surface area contributed by atoms with Crippen LogP contribution in [0.25, 0.3) is 0 Å². The Morgan fingerprint density at radius 2 is 1.90 bits per heavy atom. The lowest BCUT2D eigenvalue weighted by Gasteiger charge is -2.32. The predicted octanol–water partition coefficient (Wildman–Crippen LogP) is 2.01. The molecule has 1 aliphatic rings. The first-order valence-corrected chi connectivity index (χ1v) is 6.85. The van der Waals surface area contributed by atoms with Crippen LogP contribution in [0.15, 0.2) is 29.4 Å². The van der Waals surface area contributed by atoms with Gasteiger partial charge in [-0.15, -0.1) is 0 Å². The summed E-state index contributed by atoms with van der Waals surface area (Å²) in [6.07, 6.45) is 1.43. The fraction of sp³-hybridized carbons (Fsp3) is 0.467. The van der Waals surface area contributed by atoms with Crippen molar-refractivity contribution in [2.45, 2.75) is 45.8 Å². The van der Waals surface area contributed by atoms with Gasteiger partial charge in [-0.05, 0) is 46.8 Å². The molecular weight excluding hydrogens is 265 g/mol. The molecule has 0 radical (unpaired) electrons. The van der Waals surface area contributed by atoms with Gasteiger partial charge >= 0.3 is 7.12 Å². The fourth-order valence-electron chi connectivity index (χ4n) is 2.01. The first-order valence-electron chi connectivity index (χ1n) is 6.85. The number of hydrogen-bond donors (Lipinski definition) is 0. The lowest BCUT2D eigenvalue weighted by molar-refractivity contribution is 0.00578. The topological polar surface area (TPSA) is 59.5 Å². The van der Waals surface area contributed by atoms with Crippen molar-refractivity contribution in [3.63, 3.8) is 0 Å². The molecule has 1 aliphatic heterocycles. The zero-order valence-corrected chi connectivity index (χ0v) is 13.2. The van der Waals surface area contributed by atoms with Gasteiger partial charge in [0.05, 0.1) is 28.6 Å². The summed E-state index contributed by atoms with van der Waals surface area (Å²) in [5.74, 6) is 0. The molecule has 1 aromatic heterocycles. The third-order valence-corrected chi connectivity index (χ3v) is 4.04. The maximum atomic E-state index is 8.75. The SMILES string of the molecule is C=C(C#N)/C=N\n1c(C)ccc1B1OC(C)(C)C(C)(C)O1. The fourth-order valence-corrected chi connectivity index (χ4v) is 2.01. The largest absolute Gasteiger partial charge is 0.514 e. The Bertz CT molecular complexity index is 622. The molecule has 0 bridgehead atoms. The number of hydrogen-bond acceptors (Lipinski definition) is 4. The van der Waals surface area contributed by atoms with Gasteiger partial charge in [0.1, 0.15) is 6.07 Å². The van der Waals surface area contributed by atoms with Crippen LogP contribution in [0.3, 0.4) is 0 Å². The van der Waals surface area contributed by atoms with Gasteiger partial charge in [-0.1, -0.05) is 6.58 Å². The highest BCUT2D eigenvalue weighted by Crippen LogP contribution is 2.36. The Balaban J connectivity index is 2.33. The van der Waals surface area contributed by atoms with Gasteiger partial charge in [-0.2, -0.15) is 10.4 Å². The Morgan fingerprint density at radius 3 is 2.43 bits per heavy atom. The van der Waals surface area contributed by atoms with Crippen LogP contribution in [-0.2, 0) is 9.31 Å². The maximum Gasteiger partial charge on any atom is 0.514 e. The van der Waals surface area contributed by atoms with Crippen molar-refractivity contribution in [3.8, 4) is 6.07 Å². The van der Waals surface area contributed by atoms with Crippen molar-refractivity contribution in [2.75, 3.05) is 0 Å². The number of allylic oxidation sites excluding steroid dienone is 1. The molecule has 0 spiro atoms. The lowest BCUT2D eigenvalue weighted by Crippen LogP contribution is -2.41. The van der Waals surface area contributed by atoms with Gasteiger partial charge in [-0.25, -0.2) is 4.68 Å². The van der Waals surface area contributed by atoms with E-state index in [-0.39, 0.29) is 0 Å². The van der Waals surface area contributed by atoms with E-state index in [4.69, 9.17) is 14.6 Å². The highest BCUT2D eigenvalue weighted by molar-refractivity contribution is 6.61.